The second-order valence-corrected chi connectivity index (χ2v) is 8.26. The third-order valence-corrected chi connectivity index (χ3v) is 6.32. The van der Waals surface area contributed by atoms with Gasteiger partial charge in [0.25, 0.3) is 0 Å². The first-order valence-electron chi connectivity index (χ1n) is 8.61. The summed E-state index contributed by atoms with van der Waals surface area (Å²) in [6.07, 6.45) is 3.90. The van der Waals surface area contributed by atoms with E-state index in [1.54, 1.807) is 0 Å². The number of aromatic amines is 1. The molecule has 10 nitrogen and oxygen atoms in total. The summed E-state index contributed by atoms with van der Waals surface area (Å²) in [5.74, 6) is -0.0310. The number of oxazole rings is 1. The maximum atomic E-state index is 13.0. The van der Waals surface area contributed by atoms with E-state index in [0.29, 0.717) is 36.4 Å². The van der Waals surface area contributed by atoms with Crippen molar-refractivity contribution >= 4 is 21.1 Å². The number of hydrogen-bond donors (Lipinski definition) is 1. The minimum atomic E-state index is -3.75. The third-order valence-electron chi connectivity index (χ3n) is 4.46. The van der Waals surface area contributed by atoms with Crippen molar-refractivity contribution in [3.05, 3.63) is 41.1 Å². The molecule has 3 aromatic rings. The van der Waals surface area contributed by atoms with Crippen LogP contribution in [0.5, 0.6) is 11.8 Å². The SMILES string of the molecule is COc1cncc(OC2CCCN(S(=O)(=O)c3ccc4oc(=O)[nH]c4c3)C2)n1. The summed E-state index contributed by atoms with van der Waals surface area (Å²) in [5.41, 5.74) is 0.642. The van der Waals surface area contributed by atoms with Gasteiger partial charge in [0.05, 0.1) is 36.5 Å². The molecule has 1 N–H and O–H groups in total. The van der Waals surface area contributed by atoms with E-state index in [4.69, 9.17) is 13.9 Å². The lowest BCUT2D eigenvalue weighted by molar-refractivity contribution is 0.123. The fourth-order valence-electron chi connectivity index (χ4n) is 3.12. The lowest BCUT2D eigenvalue weighted by Crippen LogP contribution is -2.44. The summed E-state index contributed by atoms with van der Waals surface area (Å²) in [6.45, 7) is 0.563. The van der Waals surface area contributed by atoms with Crippen LogP contribution < -0.4 is 15.2 Å². The molecular weight excluding hydrogens is 388 g/mol. The van der Waals surface area contributed by atoms with Gasteiger partial charge in [0.15, 0.2) is 5.58 Å². The van der Waals surface area contributed by atoms with Gasteiger partial charge in [0, 0.05) is 6.54 Å². The minimum absolute atomic E-state index is 0.0823. The number of H-pyrrole nitrogens is 1. The van der Waals surface area contributed by atoms with Gasteiger partial charge in [-0.05, 0) is 31.0 Å². The zero-order valence-corrected chi connectivity index (χ0v) is 15.8. The van der Waals surface area contributed by atoms with E-state index in [0.717, 1.165) is 0 Å². The summed E-state index contributed by atoms with van der Waals surface area (Å²) >= 11 is 0. The molecule has 0 bridgehead atoms. The van der Waals surface area contributed by atoms with E-state index in [-0.39, 0.29) is 23.4 Å². The molecule has 1 aliphatic rings. The number of hydrogen-bond acceptors (Lipinski definition) is 8. The predicted octanol–water partition coefficient (Wildman–Crippen LogP) is 1.15. The first-order chi connectivity index (χ1) is 13.5. The van der Waals surface area contributed by atoms with Gasteiger partial charge in [-0.3, -0.25) is 9.97 Å². The number of fused-ring (bicyclic) bond motifs is 1. The van der Waals surface area contributed by atoms with E-state index in [2.05, 4.69) is 15.0 Å². The van der Waals surface area contributed by atoms with Gasteiger partial charge < -0.3 is 13.9 Å². The minimum Gasteiger partial charge on any atom is -0.480 e. The van der Waals surface area contributed by atoms with E-state index >= 15 is 0 Å². The Hall–Kier alpha value is -2.92. The highest BCUT2D eigenvalue weighted by Gasteiger charge is 2.31. The van der Waals surface area contributed by atoms with Gasteiger partial charge in [-0.25, -0.2) is 13.2 Å². The normalized spacial score (nSPS) is 18.2. The van der Waals surface area contributed by atoms with Crippen molar-refractivity contribution in [1.29, 1.82) is 0 Å². The van der Waals surface area contributed by atoms with Crippen molar-refractivity contribution in [3.63, 3.8) is 0 Å². The summed E-state index contributed by atoms with van der Waals surface area (Å²) in [6, 6.07) is 4.28. The monoisotopic (exact) mass is 406 g/mol. The number of rotatable bonds is 5. The zero-order valence-electron chi connectivity index (χ0n) is 15.0. The summed E-state index contributed by atoms with van der Waals surface area (Å²) < 4.78 is 43.2. The molecule has 1 saturated heterocycles. The first kappa shape index (κ1) is 18.4. The molecule has 0 saturated carbocycles. The van der Waals surface area contributed by atoms with Crippen LogP contribution in [0.1, 0.15) is 12.8 Å². The molecule has 3 heterocycles. The average Bonchev–Trinajstić information content (AvgIpc) is 3.07. The first-order valence-corrected chi connectivity index (χ1v) is 10.1. The molecule has 2 aromatic heterocycles. The number of benzene rings is 1. The molecule has 148 valence electrons. The molecule has 0 aliphatic carbocycles. The van der Waals surface area contributed by atoms with Crippen LogP contribution in [0.3, 0.4) is 0 Å². The molecule has 0 amide bonds. The topological polar surface area (TPSA) is 128 Å². The maximum Gasteiger partial charge on any atom is 0.417 e. The van der Waals surface area contributed by atoms with E-state index in [9.17, 15) is 13.2 Å². The Morgan fingerprint density at radius 1 is 1.29 bits per heavy atom. The summed E-state index contributed by atoms with van der Waals surface area (Å²) in [7, 11) is -2.27. The van der Waals surface area contributed by atoms with Crippen LogP contribution in [-0.4, -0.2) is 54.0 Å². The van der Waals surface area contributed by atoms with Crippen molar-refractivity contribution < 1.29 is 22.3 Å². The van der Waals surface area contributed by atoms with Crippen molar-refractivity contribution in [2.24, 2.45) is 0 Å². The number of ether oxygens (including phenoxy) is 2. The van der Waals surface area contributed by atoms with Gasteiger partial charge >= 0.3 is 5.76 Å². The largest absolute Gasteiger partial charge is 0.480 e. The molecule has 0 spiro atoms. The third kappa shape index (κ3) is 3.58. The molecule has 1 aliphatic heterocycles. The van der Waals surface area contributed by atoms with Crippen LogP contribution >= 0.6 is 0 Å². The summed E-state index contributed by atoms with van der Waals surface area (Å²) in [4.78, 5) is 22.0. The lowest BCUT2D eigenvalue weighted by Gasteiger charge is -2.31. The van der Waals surface area contributed by atoms with Crippen molar-refractivity contribution in [2.75, 3.05) is 20.2 Å². The quantitative estimate of drug-likeness (QED) is 0.668. The van der Waals surface area contributed by atoms with Crippen molar-refractivity contribution in [3.8, 4) is 11.8 Å². The highest BCUT2D eigenvalue weighted by atomic mass is 32.2. The van der Waals surface area contributed by atoms with E-state index in [1.165, 1.54) is 42.0 Å². The number of piperidine rings is 1. The highest BCUT2D eigenvalue weighted by molar-refractivity contribution is 7.89. The fourth-order valence-corrected chi connectivity index (χ4v) is 4.65. The molecule has 4 rings (SSSR count). The van der Waals surface area contributed by atoms with Crippen LogP contribution in [0.15, 0.2) is 44.7 Å². The molecular formula is C17H18N4O6S. The number of nitrogens with one attached hydrogen (secondary N) is 1. The van der Waals surface area contributed by atoms with E-state index < -0.39 is 15.8 Å². The number of sulfonamides is 1. The standard InChI is InChI=1S/C17H18N4O6S/c1-25-15-8-18-9-16(20-15)26-11-3-2-6-21(10-11)28(23,24)12-4-5-14-13(7-12)19-17(22)27-14/h4-5,7-9,11H,2-3,6,10H2,1H3,(H,19,22). The maximum absolute atomic E-state index is 13.0. The van der Waals surface area contributed by atoms with Gasteiger partial charge in [-0.2, -0.15) is 9.29 Å². The smallest absolute Gasteiger partial charge is 0.417 e. The van der Waals surface area contributed by atoms with Crippen molar-refractivity contribution in [2.45, 2.75) is 23.8 Å². The van der Waals surface area contributed by atoms with Gasteiger partial charge in [0.2, 0.25) is 21.8 Å². The second-order valence-electron chi connectivity index (χ2n) is 6.32. The van der Waals surface area contributed by atoms with Crippen molar-refractivity contribution in [1.82, 2.24) is 19.3 Å². The van der Waals surface area contributed by atoms with Crippen LogP contribution in [0.25, 0.3) is 11.1 Å². The molecule has 0 radical (unpaired) electrons. The Kier molecular flexibility index (Phi) is 4.77. The van der Waals surface area contributed by atoms with Crippen LogP contribution in [0.2, 0.25) is 0 Å². The molecule has 1 atom stereocenters. The number of aromatic nitrogens is 3. The molecule has 1 fully saturated rings. The van der Waals surface area contributed by atoms with E-state index in [1.807, 2.05) is 0 Å². The second kappa shape index (κ2) is 7.24. The predicted molar refractivity (Wildman–Crippen MR) is 97.8 cm³/mol. The Bertz CT molecular complexity index is 1160. The fraction of sp³-hybridized carbons (Fsp3) is 0.353. The zero-order chi connectivity index (χ0) is 19.7. The van der Waals surface area contributed by atoms with Gasteiger partial charge in [-0.1, -0.05) is 0 Å². The highest BCUT2D eigenvalue weighted by Crippen LogP contribution is 2.25. The Morgan fingerprint density at radius 3 is 2.93 bits per heavy atom. The van der Waals surface area contributed by atoms with Crippen LogP contribution in [-0.2, 0) is 10.0 Å². The number of nitrogens with zero attached hydrogens (tertiary/aromatic N) is 3. The van der Waals surface area contributed by atoms with Gasteiger partial charge in [-0.15, -0.1) is 0 Å². The Morgan fingerprint density at radius 2 is 2.11 bits per heavy atom. The van der Waals surface area contributed by atoms with Gasteiger partial charge in [0.1, 0.15) is 6.10 Å². The number of methoxy groups -OCH3 is 1. The van der Waals surface area contributed by atoms with Crippen LogP contribution in [0.4, 0.5) is 0 Å². The average molecular weight is 406 g/mol. The summed E-state index contributed by atoms with van der Waals surface area (Å²) in [5, 5.41) is 0. The molecule has 1 unspecified atom stereocenters. The Balaban J connectivity index is 1.54. The Labute approximate surface area is 160 Å². The van der Waals surface area contributed by atoms with Crippen LogP contribution in [0, 0.1) is 0 Å². The molecule has 11 heteroatoms. The lowest BCUT2D eigenvalue weighted by atomic mass is 10.1. The molecule has 28 heavy (non-hydrogen) atoms. The molecule has 1 aromatic carbocycles.